The standard InChI is InChI=1S/C13H24N2/c1-11(2)15-12-6-9-14-13(10-12)7-4-3-5-8-13/h12,14-15H,1,3-10H2,2H3. The Balaban J connectivity index is 1.93. The lowest BCUT2D eigenvalue weighted by Gasteiger charge is -2.45. The van der Waals surface area contributed by atoms with Gasteiger partial charge in [-0.1, -0.05) is 25.8 Å². The number of nitrogens with one attached hydrogen (secondary N) is 2. The van der Waals surface area contributed by atoms with Crippen LogP contribution in [0.1, 0.15) is 51.9 Å². The number of hydrogen-bond acceptors (Lipinski definition) is 2. The van der Waals surface area contributed by atoms with E-state index < -0.39 is 0 Å². The van der Waals surface area contributed by atoms with E-state index in [1.165, 1.54) is 51.5 Å². The molecule has 0 aromatic rings. The molecule has 0 bridgehead atoms. The van der Waals surface area contributed by atoms with Gasteiger partial charge in [-0.25, -0.2) is 0 Å². The molecule has 0 radical (unpaired) electrons. The minimum Gasteiger partial charge on any atom is -0.386 e. The smallest absolute Gasteiger partial charge is 0.0287 e. The van der Waals surface area contributed by atoms with Crippen LogP contribution in [0.3, 0.4) is 0 Å². The second-order valence-electron chi connectivity index (χ2n) is 5.38. The topological polar surface area (TPSA) is 24.1 Å². The molecule has 1 aliphatic heterocycles. The van der Waals surface area contributed by atoms with E-state index in [-0.39, 0.29) is 0 Å². The van der Waals surface area contributed by atoms with E-state index in [9.17, 15) is 0 Å². The molecule has 2 aliphatic rings. The molecule has 1 saturated heterocycles. The first-order valence-corrected chi connectivity index (χ1v) is 6.37. The van der Waals surface area contributed by atoms with Crippen molar-refractivity contribution in [1.29, 1.82) is 0 Å². The first kappa shape index (κ1) is 11.0. The van der Waals surface area contributed by atoms with Gasteiger partial charge in [0.25, 0.3) is 0 Å². The Morgan fingerprint density at radius 3 is 2.73 bits per heavy atom. The van der Waals surface area contributed by atoms with Crippen LogP contribution in [-0.2, 0) is 0 Å². The highest BCUT2D eigenvalue weighted by Gasteiger charge is 2.36. The quantitative estimate of drug-likeness (QED) is 0.729. The summed E-state index contributed by atoms with van der Waals surface area (Å²) in [6.07, 6.45) is 9.54. The minimum absolute atomic E-state index is 0.462. The van der Waals surface area contributed by atoms with E-state index >= 15 is 0 Å². The Kier molecular flexibility index (Phi) is 3.35. The van der Waals surface area contributed by atoms with Crippen LogP contribution < -0.4 is 10.6 Å². The fourth-order valence-corrected chi connectivity index (χ4v) is 3.24. The van der Waals surface area contributed by atoms with E-state index in [0.717, 1.165) is 5.70 Å². The predicted octanol–water partition coefficient (Wildman–Crippen LogP) is 2.56. The third-order valence-corrected chi connectivity index (χ3v) is 3.89. The summed E-state index contributed by atoms with van der Waals surface area (Å²) in [5.74, 6) is 0. The molecule has 2 N–H and O–H groups in total. The number of rotatable bonds is 2. The summed E-state index contributed by atoms with van der Waals surface area (Å²) < 4.78 is 0. The van der Waals surface area contributed by atoms with E-state index in [0.29, 0.717) is 11.6 Å². The zero-order valence-corrected chi connectivity index (χ0v) is 9.94. The first-order valence-electron chi connectivity index (χ1n) is 6.37. The van der Waals surface area contributed by atoms with Crippen molar-refractivity contribution in [1.82, 2.24) is 10.6 Å². The third kappa shape index (κ3) is 2.75. The molecule has 0 aromatic carbocycles. The summed E-state index contributed by atoms with van der Waals surface area (Å²) in [7, 11) is 0. The Bertz CT molecular complexity index is 223. The summed E-state index contributed by atoms with van der Waals surface area (Å²) in [5, 5.41) is 7.29. The van der Waals surface area contributed by atoms with Gasteiger partial charge in [0, 0.05) is 17.3 Å². The largest absolute Gasteiger partial charge is 0.386 e. The van der Waals surface area contributed by atoms with Gasteiger partial charge >= 0.3 is 0 Å². The second-order valence-corrected chi connectivity index (χ2v) is 5.38. The van der Waals surface area contributed by atoms with Crippen molar-refractivity contribution in [3.63, 3.8) is 0 Å². The van der Waals surface area contributed by atoms with Crippen molar-refractivity contribution in [2.45, 2.75) is 63.5 Å². The maximum Gasteiger partial charge on any atom is 0.0287 e. The van der Waals surface area contributed by atoms with Gasteiger partial charge in [-0.3, -0.25) is 0 Å². The Labute approximate surface area is 93.5 Å². The van der Waals surface area contributed by atoms with Crippen molar-refractivity contribution in [3.8, 4) is 0 Å². The minimum atomic E-state index is 0.462. The lowest BCUT2D eigenvalue weighted by Crippen LogP contribution is -2.56. The zero-order chi connectivity index (χ0) is 10.7. The molecule has 1 atom stereocenters. The number of piperidine rings is 1. The van der Waals surface area contributed by atoms with E-state index in [4.69, 9.17) is 0 Å². The maximum atomic E-state index is 3.95. The van der Waals surface area contributed by atoms with Crippen LogP contribution in [0.5, 0.6) is 0 Å². The molecule has 2 heteroatoms. The van der Waals surface area contributed by atoms with Crippen LogP contribution in [-0.4, -0.2) is 18.1 Å². The third-order valence-electron chi connectivity index (χ3n) is 3.89. The Hall–Kier alpha value is -0.500. The molecule has 1 saturated carbocycles. The van der Waals surface area contributed by atoms with Crippen molar-refractivity contribution in [2.75, 3.05) is 6.54 Å². The Morgan fingerprint density at radius 2 is 2.07 bits per heavy atom. The molecule has 86 valence electrons. The van der Waals surface area contributed by atoms with Crippen molar-refractivity contribution in [2.24, 2.45) is 0 Å². The van der Waals surface area contributed by atoms with Gasteiger partial charge in [-0.05, 0) is 39.2 Å². The van der Waals surface area contributed by atoms with Crippen LogP contribution in [0.25, 0.3) is 0 Å². The highest BCUT2D eigenvalue weighted by Crippen LogP contribution is 2.34. The van der Waals surface area contributed by atoms with Crippen LogP contribution in [0.4, 0.5) is 0 Å². The lowest BCUT2D eigenvalue weighted by atomic mass is 9.75. The summed E-state index contributed by atoms with van der Waals surface area (Å²) in [5.41, 5.74) is 1.58. The van der Waals surface area contributed by atoms with Crippen molar-refractivity contribution >= 4 is 0 Å². The van der Waals surface area contributed by atoms with Crippen LogP contribution in [0, 0.1) is 0 Å². The second kappa shape index (κ2) is 4.56. The molecule has 1 heterocycles. The predicted molar refractivity (Wildman–Crippen MR) is 64.8 cm³/mol. The summed E-state index contributed by atoms with van der Waals surface area (Å²) in [6, 6.07) is 0.654. The average Bonchev–Trinajstić information content (AvgIpc) is 2.17. The lowest BCUT2D eigenvalue weighted by molar-refractivity contribution is 0.161. The molecule has 1 unspecified atom stereocenters. The molecule has 15 heavy (non-hydrogen) atoms. The van der Waals surface area contributed by atoms with Gasteiger partial charge in [0.1, 0.15) is 0 Å². The van der Waals surface area contributed by atoms with Crippen molar-refractivity contribution < 1.29 is 0 Å². The van der Waals surface area contributed by atoms with E-state index in [1.807, 2.05) is 0 Å². The maximum absolute atomic E-state index is 3.95. The molecule has 1 aliphatic carbocycles. The van der Waals surface area contributed by atoms with Gasteiger partial charge in [-0.15, -0.1) is 0 Å². The fraction of sp³-hybridized carbons (Fsp3) is 0.846. The van der Waals surface area contributed by atoms with Crippen molar-refractivity contribution in [3.05, 3.63) is 12.3 Å². The molecular formula is C13H24N2. The number of hydrogen-bond donors (Lipinski definition) is 2. The van der Waals surface area contributed by atoms with Gasteiger partial charge in [0.2, 0.25) is 0 Å². The summed E-state index contributed by atoms with van der Waals surface area (Å²) >= 11 is 0. The normalized spacial score (nSPS) is 30.1. The van der Waals surface area contributed by atoms with Crippen LogP contribution in [0.15, 0.2) is 12.3 Å². The Morgan fingerprint density at radius 1 is 1.33 bits per heavy atom. The zero-order valence-electron chi connectivity index (χ0n) is 9.94. The molecule has 0 aromatic heterocycles. The molecule has 2 nitrogen and oxygen atoms in total. The average molecular weight is 208 g/mol. The van der Waals surface area contributed by atoms with Gasteiger partial charge in [-0.2, -0.15) is 0 Å². The highest BCUT2D eigenvalue weighted by molar-refractivity contribution is 5.00. The molecular weight excluding hydrogens is 184 g/mol. The summed E-state index contributed by atoms with van der Waals surface area (Å²) in [4.78, 5) is 0. The van der Waals surface area contributed by atoms with E-state index in [2.05, 4.69) is 24.1 Å². The van der Waals surface area contributed by atoms with Gasteiger partial charge in [0.05, 0.1) is 0 Å². The summed E-state index contributed by atoms with van der Waals surface area (Å²) in [6.45, 7) is 7.19. The monoisotopic (exact) mass is 208 g/mol. The molecule has 2 fully saturated rings. The SMILES string of the molecule is C=C(C)NC1CCNC2(CCCCC2)C1. The van der Waals surface area contributed by atoms with Crippen LogP contribution in [0.2, 0.25) is 0 Å². The first-order chi connectivity index (χ1) is 7.20. The van der Waals surface area contributed by atoms with Gasteiger partial charge in [0.15, 0.2) is 0 Å². The molecule has 2 rings (SSSR count). The number of allylic oxidation sites excluding steroid dienone is 1. The van der Waals surface area contributed by atoms with E-state index in [1.54, 1.807) is 0 Å². The molecule has 0 amide bonds. The van der Waals surface area contributed by atoms with Gasteiger partial charge < -0.3 is 10.6 Å². The fourth-order valence-electron chi connectivity index (χ4n) is 3.24. The molecule has 1 spiro atoms. The van der Waals surface area contributed by atoms with Crippen LogP contribution >= 0.6 is 0 Å². The highest BCUT2D eigenvalue weighted by atomic mass is 15.0.